The largest absolute Gasteiger partial charge is 0.328 e. The van der Waals surface area contributed by atoms with Crippen molar-refractivity contribution in [1.82, 2.24) is 4.98 Å². The molecular formula is C11H8FN3O5S. The molecule has 21 heavy (non-hydrogen) atoms. The number of nitro groups is 1. The predicted octanol–water partition coefficient (Wildman–Crippen LogP) is 1.22. The number of nitrogens with zero attached hydrogens (tertiary/aromatic N) is 1. The van der Waals surface area contributed by atoms with E-state index in [1.54, 1.807) is 0 Å². The van der Waals surface area contributed by atoms with Crippen molar-refractivity contribution in [3.8, 4) is 0 Å². The lowest BCUT2D eigenvalue weighted by atomic mass is 10.3. The van der Waals surface area contributed by atoms with Crippen molar-refractivity contribution >= 4 is 21.4 Å². The molecule has 0 radical (unpaired) electrons. The van der Waals surface area contributed by atoms with Crippen LogP contribution in [0.1, 0.15) is 0 Å². The molecule has 0 aliphatic heterocycles. The minimum Gasteiger partial charge on any atom is -0.328 e. The zero-order valence-corrected chi connectivity index (χ0v) is 11.1. The topological polar surface area (TPSA) is 122 Å². The fraction of sp³-hybridized carbons (Fsp3) is 0. The zero-order chi connectivity index (χ0) is 15.6. The number of benzene rings is 1. The summed E-state index contributed by atoms with van der Waals surface area (Å²) in [5.41, 5.74) is -1.53. The number of non-ortho nitro benzene ring substituents is 1. The Morgan fingerprint density at radius 3 is 2.52 bits per heavy atom. The molecule has 2 aromatic rings. The average molecular weight is 313 g/mol. The number of nitrogens with one attached hydrogen (secondary N) is 2. The smallest absolute Gasteiger partial charge is 0.271 e. The highest BCUT2D eigenvalue weighted by Gasteiger charge is 2.18. The van der Waals surface area contributed by atoms with Gasteiger partial charge in [-0.25, -0.2) is 12.8 Å². The Kier molecular flexibility index (Phi) is 3.72. The van der Waals surface area contributed by atoms with Crippen LogP contribution in [-0.2, 0) is 10.0 Å². The lowest BCUT2D eigenvalue weighted by Crippen LogP contribution is -2.16. The highest BCUT2D eigenvalue weighted by atomic mass is 32.2. The predicted molar refractivity (Wildman–Crippen MR) is 70.9 cm³/mol. The van der Waals surface area contributed by atoms with Crippen LogP contribution in [0.4, 0.5) is 15.8 Å². The van der Waals surface area contributed by atoms with E-state index >= 15 is 0 Å². The van der Waals surface area contributed by atoms with Crippen LogP contribution in [0.3, 0.4) is 0 Å². The first-order valence-electron chi connectivity index (χ1n) is 5.45. The summed E-state index contributed by atoms with van der Waals surface area (Å²) in [6.07, 6.45) is 0.930. The Balaban J connectivity index is 2.41. The van der Waals surface area contributed by atoms with Crippen LogP contribution < -0.4 is 10.3 Å². The second-order valence-electron chi connectivity index (χ2n) is 3.92. The number of nitro benzene ring substituents is 1. The van der Waals surface area contributed by atoms with E-state index in [0.717, 1.165) is 36.5 Å². The number of aromatic amines is 1. The molecule has 0 atom stereocenters. The second-order valence-corrected chi connectivity index (χ2v) is 5.60. The molecule has 0 fully saturated rings. The third kappa shape index (κ3) is 3.23. The fourth-order valence-electron chi connectivity index (χ4n) is 1.47. The molecule has 110 valence electrons. The average Bonchev–Trinajstić information content (AvgIpc) is 2.41. The number of halogens is 1. The third-order valence-electron chi connectivity index (χ3n) is 2.47. The highest BCUT2D eigenvalue weighted by molar-refractivity contribution is 7.92. The van der Waals surface area contributed by atoms with Crippen molar-refractivity contribution in [1.29, 1.82) is 0 Å². The van der Waals surface area contributed by atoms with Crippen molar-refractivity contribution < 1.29 is 17.7 Å². The van der Waals surface area contributed by atoms with Crippen LogP contribution in [0.2, 0.25) is 0 Å². The first-order chi connectivity index (χ1) is 9.79. The summed E-state index contributed by atoms with van der Waals surface area (Å²) in [4.78, 5) is 22.5. The third-order valence-corrected chi connectivity index (χ3v) is 3.83. The molecule has 0 aliphatic rings. The van der Waals surface area contributed by atoms with E-state index in [-0.39, 0.29) is 4.90 Å². The molecule has 0 saturated heterocycles. The quantitative estimate of drug-likeness (QED) is 0.649. The fourth-order valence-corrected chi connectivity index (χ4v) is 2.50. The van der Waals surface area contributed by atoms with Crippen molar-refractivity contribution in [3.05, 3.63) is 62.8 Å². The maximum atomic E-state index is 13.5. The van der Waals surface area contributed by atoms with Gasteiger partial charge in [0, 0.05) is 24.4 Å². The summed E-state index contributed by atoms with van der Waals surface area (Å²) >= 11 is 0. The van der Waals surface area contributed by atoms with Gasteiger partial charge >= 0.3 is 0 Å². The molecule has 0 amide bonds. The molecule has 1 aromatic heterocycles. The minimum atomic E-state index is -4.18. The van der Waals surface area contributed by atoms with E-state index in [2.05, 4.69) is 4.98 Å². The summed E-state index contributed by atoms with van der Waals surface area (Å²) in [7, 11) is -4.18. The SMILES string of the molecule is O=c1ccc(S(=O)(=O)Nc2cc([N+](=O)[O-])ccc2F)c[nH]1. The number of anilines is 1. The van der Waals surface area contributed by atoms with E-state index < -0.39 is 37.7 Å². The van der Waals surface area contributed by atoms with Crippen LogP contribution >= 0.6 is 0 Å². The molecule has 8 nitrogen and oxygen atoms in total. The highest BCUT2D eigenvalue weighted by Crippen LogP contribution is 2.23. The van der Waals surface area contributed by atoms with Gasteiger partial charge in [-0.1, -0.05) is 0 Å². The van der Waals surface area contributed by atoms with Crippen LogP contribution in [0, 0.1) is 15.9 Å². The van der Waals surface area contributed by atoms with Gasteiger partial charge in [0.15, 0.2) is 0 Å². The lowest BCUT2D eigenvalue weighted by Gasteiger charge is -2.08. The van der Waals surface area contributed by atoms with Gasteiger partial charge in [0.2, 0.25) is 5.56 Å². The number of hydrogen-bond donors (Lipinski definition) is 2. The van der Waals surface area contributed by atoms with Crippen LogP contribution in [-0.4, -0.2) is 18.3 Å². The molecular weight excluding hydrogens is 305 g/mol. The monoisotopic (exact) mass is 313 g/mol. The van der Waals surface area contributed by atoms with E-state index in [1.165, 1.54) is 0 Å². The Bertz CT molecular complexity index is 842. The summed E-state index contributed by atoms with van der Waals surface area (Å²) in [6, 6.07) is 4.46. The van der Waals surface area contributed by atoms with Crippen LogP contribution in [0.5, 0.6) is 0 Å². The number of aromatic nitrogens is 1. The molecule has 1 aromatic carbocycles. The normalized spacial score (nSPS) is 11.1. The maximum absolute atomic E-state index is 13.5. The summed E-state index contributed by atoms with van der Waals surface area (Å²) in [6.45, 7) is 0. The van der Waals surface area contributed by atoms with Gasteiger partial charge in [-0.3, -0.25) is 19.6 Å². The summed E-state index contributed by atoms with van der Waals surface area (Å²) in [5.74, 6) is -0.964. The molecule has 10 heteroatoms. The van der Waals surface area contributed by atoms with Crippen molar-refractivity contribution in [2.24, 2.45) is 0 Å². The number of hydrogen-bond acceptors (Lipinski definition) is 5. The summed E-state index contributed by atoms with van der Waals surface area (Å²) < 4.78 is 39.4. The molecule has 2 rings (SSSR count). The van der Waals surface area contributed by atoms with Gasteiger partial charge in [-0.05, 0) is 12.1 Å². The van der Waals surface area contributed by atoms with Crippen molar-refractivity contribution in [3.63, 3.8) is 0 Å². The Labute approximate surface area is 117 Å². The molecule has 0 saturated carbocycles. The van der Waals surface area contributed by atoms with Gasteiger partial charge in [0.25, 0.3) is 15.7 Å². The number of pyridine rings is 1. The van der Waals surface area contributed by atoms with E-state index in [0.29, 0.717) is 0 Å². The molecule has 0 aliphatic carbocycles. The maximum Gasteiger partial charge on any atom is 0.271 e. The number of rotatable bonds is 4. The molecule has 0 bridgehead atoms. The molecule has 1 heterocycles. The number of sulfonamides is 1. The van der Waals surface area contributed by atoms with Crippen LogP contribution in [0.25, 0.3) is 0 Å². The van der Waals surface area contributed by atoms with Crippen molar-refractivity contribution in [2.45, 2.75) is 4.90 Å². The molecule has 0 unspecified atom stereocenters. The van der Waals surface area contributed by atoms with Gasteiger partial charge in [-0.15, -0.1) is 0 Å². The van der Waals surface area contributed by atoms with Gasteiger partial charge in [0.1, 0.15) is 10.7 Å². The Morgan fingerprint density at radius 1 is 1.24 bits per heavy atom. The Morgan fingerprint density at radius 2 is 1.95 bits per heavy atom. The van der Waals surface area contributed by atoms with Gasteiger partial charge < -0.3 is 4.98 Å². The standard InChI is InChI=1S/C11H8FN3O5S/c12-9-3-1-7(15(17)18)5-10(9)14-21(19,20)8-2-4-11(16)13-6-8/h1-6,14H,(H,13,16). The zero-order valence-electron chi connectivity index (χ0n) is 10.2. The van der Waals surface area contributed by atoms with Gasteiger partial charge in [-0.2, -0.15) is 0 Å². The lowest BCUT2D eigenvalue weighted by molar-refractivity contribution is -0.384. The second kappa shape index (κ2) is 5.32. The molecule has 2 N–H and O–H groups in total. The van der Waals surface area contributed by atoms with E-state index in [4.69, 9.17) is 0 Å². The summed E-state index contributed by atoms with van der Waals surface area (Å²) in [5, 5.41) is 10.6. The molecule has 0 spiro atoms. The first kappa shape index (κ1) is 14.7. The van der Waals surface area contributed by atoms with Gasteiger partial charge in [0.05, 0.1) is 10.6 Å². The number of H-pyrrole nitrogens is 1. The minimum absolute atomic E-state index is 0.312. The van der Waals surface area contributed by atoms with E-state index in [9.17, 15) is 27.7 Å². The first-order valence-corrected chi connectivity index (χ1v) is 6.93. The van der Waals surface area contributed by atoms with E-state index in [1.807, 2.05) is 4.72 Å². The van der Waals surface area contributed by atoms with Crippen molar-refractivity contribution in [2.75, 3.05) is 4.72 Å². The Hall–Kier alpha value is -2.75. The van der Waals surface area contributed by atoms with Crippen LogP contribution in [0.15, 0.2) is 46.2 Å².